The molecular formula is C4H9N3. The zero-order chi connectivity index (χ0) is 5.11. The van der Waals surface area contributed by atoms with Crippen LogP contribution in [0, 0.1) is 0 Å². The Kier molecular flexibility index (Phi) is 1.24. The van der Waals surface area contributed by atoms with Crippen molar-refractivity contribution in [3.05, 3.63) is 0 Å². The molecule has 1 aliphatic carbocycles. The highest BCUT2D eigenvalue weighted by Gasteiger charge is 2.19. The first-order chi connectivity index (χ1) is 3.43. The van der Waals surface area contributed by atoms with Gasteiger partial charge in [0.2, 0.25) is 0 Å². The van der Waals surface area contributed by atoms with Gasteiger partial charge in [0.05, 0.1) is 7.05 Å². The van der Waals surface area contributed by atoms with Crippen LogP contribution in [0.2, 0.25) is 0 Å². The molecule has 0 saturated heterocycles. The lowest BCUT2D eigenvalue weighted by Crippen LogP contribution is -2.05. The van der Waals surface area contributed by atoms with E-state index in [0.29, 0.717) is 6.04 Å². The van der Waals surface area contributed by atoms with E-state index in [1.54, 1.807) is 7.05 Å². The van der Waals surface area contributed by atoms with Crippen molar-refractivity contribution in [3.63, 3.8) is 0 Å². The van der Waals surface area contributed by atoms with Crippen molar-refractivity contribution in [2.45, 2.75) is 18.9 Å². The van der Waals surface area contributed by atoms with E-state index in [-0.39, 0.29) is 0 Å². The average Bonchev–Trinajstić information content (AvgIpc) is 2.42. The molecule has 40 valence electrons. The van der Waals surface area contributed by atoms with Crippen LogP contribution in [-0.4, -0.2) is 13.1 Å². The van der Waals surface area contributed by atoms with Gasteiger partial charge in [-0.05, 0) is 12.8 Å². The molecular weight excluding hydrogens is 90.1 g/mol. The van der Waals surface area contributed by atoms with Crippen LogP contribution >= 0.6 is 0 Å². The van der Waals surface area contributed by atoms with Crippen molar-refractivity contribution in [2.24, 2.45) is 10.3 Å². The van der Waals surface area contributed by atoms with Crippen molar-refractivity contribution >= 4 is 0 Å². The molecule has 0 aromatic heterocycles. The van der Waals surface area contributed by atoms with E-state index in [0.717, 1.165) is 0 Å². The average molecular weight is 99.1 g/mol. The van der Waals surface area contributed by atoms with Crippen molar-refractivity contribution in [1.29, 1.82) is 0 Å². The highest BCUT2D eigenvalue weighted by atomic mass is 15.4. The molecule has 0 bridgehead atoms. The predicted octanol–water partition coefficient (Wildman–Crippen LogP) is 0.735. The van der Waals surface area contributed by atoms with Crippen molar-refractivity contribution < 1.29 is 0 Å². The Bertz CT molecular complexity index is 75.0. The Morgan fingerprint density at radius 2 is 2.29 bits per heavy atom. The third-order valence-electron chi connectivity index (χ3n) is 0.918. The molecule has 1 rings (SSSR count). The second kappa shape index (κ2) is 1.91. The molecule has 3 heteroatoms. The van der Waals surface area contributed by atoms with E-state index in [9.17, 15) is 0 Å². The van der Waals surface area contributed by atoms with Gasteiger partial charge in [-0.2, -0.15) is 5.11 Å². The maximum Gasteiger partial charge on any atom is 0.0509 e. The zero-order valence-corrected chi connectivity index (χ0v) is 4.39. The molecule has 0 amide bonds. The summed E-state index contributed by atoms with van der Waals surface area (Å²) in [6.07, 6.45) is 2.53. The van der Waals surface area contributed by atoms with Gasteiger partial charge in [-0.25, -0.2) is 0 Å². The molecule has 0 atom stereocenters. The monoisotopic (exact) mass is 99.1 g/mol. The fraction of sp³-hybridized carbons (Fsp3) is 1.00. The Morgan fingerprint density at radius 1 is 1.57 bits per heavy atom. The first-order valence-electron chi connectivity index (χ1n) is 2.48. The Labute approximate surface area is 42.8 Å². The summed E-state index contributed by atoms with van der Waals surface area (Å²) in [5.41, 5.74) is 2.86. The minimum atomic E-state index is 0.642. The van der Waals surface area contributed by atoms with Crippen LogP contribution in [0.1, 0.15) is 12.8 Å². The SMILES string of the molecule is CN=NNC1CC1. The molecule has 7 heavy (non-hydrogen) atoms. The Balaban J connectivity index is 1.98. The summed E-state index contributed by atoms with van der Waals surface area (Å²) in [5, 5.41) is 7.14. The lowest BCUT2D eigenvalue weighted by atomic mass is 10.8. The van der Waals surface area contributed by atoms with E-state index in [1.165, 1.54) is 12.8 Å². The summed E-state index contributed by atoms with van der Waals surface area (Å²) in [4.78, 5) is 0. The molecule has 0 unspecified atom stereocenters. The van der Waals surface area contributed by atoms with Gasteiger partial charge in [0.1, 0.15) is 0 Å². The molecule has 0 aromatic rings. The van der Waals surface area contributed by atoms with E-state index in [2.05, 4.69) is 15.8 Å². The molecule has 0 heterocycles. The highest BCUT2D eigenvalue weighted by molar-refractivity contribution is 4.78. The van der Waals surface area contributed by atoms with Crippen LogP contribution in [0.5, 0.6) is 0 Å². The summed E-state index contributed by atoms with van der Waals surface area (Å²) < 4.78 is 0. The zero-order valence-electron chi connectivity index (χ0n) is 4.39. The molecule has 0 spiro atoms. The first-order valence-corrected chi connectivity index (χ1v) is 2.48. The van der Waals surface area contributed by atoms with Crippen molar-refractivity contribution in [1.82, 2.24) is 5.43 Å². The van der Waals surface area contributed by atoms with Gasteiger partial charge in [0, 0.05) is 6.04 Å². The minimum Gasteiger partial charge on any atom is -0.289 e. The van der Waals surface area contributed by atoms with E-state index >= 15 is 0 Å². The van der Waals surface area contributed by atoms with Crippen LogP contribution in [0.4, 0.5) is 0 Å². The van der Waals surface area contributed by atoms with Crippen LogP contribution in [0.25, 0.3) is 0 Å². The van der Waals surface area contributed by atoms with Gasteiger partial charge in [-0.15, -0.1) is 0 Å². The molecule has 1 aliphatic rings. The first kappa shape index (κ1) is 4.56. The standard InChI is InChI=1S/C4H9N3/c1-5-7-6-4-2-3-4/h4H,2-3H2,1H3,(H,5,6). The molecule has 3 nitrogen and oxygen atoms in total. The topological polar surface area (TPSA) is 36.8 Å². The normalized spacial score (nSPS) is 20.7. The van der Waals surface area contributed by atoms with Crippen LogP contribution < -0.4 is 5.43 Å². The van der Waals surface area contributed by atoms with Gasteiger partial charge >= 0.3 is 0 Å². The third kappa shape index (κ3) is 1.52. The molecule has 0 aliphatic heterocycles. The molecule has 0 radical (unpaired) electrons. The number of rotatable bonds is 2. The van der Waals surface area contributed by atoms with Gasteiger partial charge in [-0.3, -0.25) is 5.43 Å². The van der Waals surface area contributed by atoms with Gasteiger partial charge < -0.3 is 0 Å². The molecule has 1 saturated carbocycles. The number of nitrogens with zero attached hydrogens (tertiary/aromatic N) is 2. The lowest BCUT2D eigenvalue weighted by molar-refractivity contribution is 0.684. The summed E-state index contributed by atoms with van der Waals surface area (Å²) in [6, 6.07) is 0.642. The number of hydrogen-bond acceptors (Lipinski definition) is 2. The second-order valence-corrected chi connectivity index (χ2v) is 1.70. The lowest BCUT2D eigenvalue weighted by Gasteiger charge is -1.86. The fourth-order valence-electron chi connectivity index (χ4n) is 0.352. The number of hydrogen-bond donors (Lipinski definition) is 1. The second-order valence-electron chi connectivity index (χ2n) is 1.70. The maximum absolute atomic E-state index is 3.61. The van der Waals surface area contributed by atoms with Crippen LogP contribution in [0.3, 0.4) is 0 Å². The Hall–Kier alpha value is -0.600. The van der Waals surface area contributed by atoms with Crippen LogP contribution in [-0.2, 0) is 0 Å². The fourth-order valence-corrected chi connectivity index (χ4v) is 0.352. The van der Waals surface area contributed by atoms with Crippen molar-refractivity contribution in [2.75, 3.05) is 7.05 Å². The highest BCUT2D eigenvalue weighted by Crippen LogP contribution is 2.18. The summed E-state index contributed by atoms with van der Waals surface area (Å²) >= 11 is 0. The largest absolute Gasteiger partial charge is 0.289 e. The molecule has 0 aromatic carbocycles. The number of nitrogens with one attached hydrogen (secondary N) is 1. The van der Waals surface area contributed by atoms with Gasteiger partial charge in [0.15, 0.2) is 0 Å². The minimum absolute atomic E-state index is 0.642. The summed E-state index contributed by atoms with van der Waals surface area (Å²) in [5.74, 6) is 0. The quantitative estimate of drug-likeness (QED) is 0.402. The summed E-state index contributed by atoms with van der Waals surface area (Å²) in [7, 11) is 1.66. The predicted molar refractivity (Wildman–Crippen MR) is 26.9 cm³/mol. The van der Waals surface area contributed by atoms with Crippen LogP contribution in [0.15, 0.2) is 10.3 Å². The molecule has 1 N–H and O–H groups in total. The van der Waals surface area contributed by atoms with Crippen molar-refractivity contribution in [3.8, 4) is 0 Å². The van der Waals surface area contributed by atoms with Gasteiger partial charge in [-0.1, -0.05) is 5.22 Å². The Morgan fingerprint density at radius 3 is 2.71 bits per heavy atom. The maximum atomic E-state index is 3.61. The van der Waals surface area contributed by atoms with E-state index in [1.807, 2.05) is 0 Å². The van der Waals surface area contributed by atoms with E-state index in [4.69, 9.17) is 0 Å². The van der Waals surface area contributed by atoms with E-state index < -0.39 is 0 Å². The smallest absolute Gasteiger partial charge is 0.0509 e. The molecule has 1 fully saturated rings. The summed E-state index contributed by atoms with van der Waals surface area (Å²) in [6.45, 7) is 0. The van der Waals surface area contributed by atoms with Gasteiger partial charge in [0.25, 0.3) is 0 Å². The third-order valence-corrected chi connectivity index (χ3v) is 0.918.